The molecule has 2 atom stereocenters. The van der Waals surface area contributed by atoms with Gasteiger partial charge in [-0.1, -0.05) is 38.1 Å². The first-order valence-electron chi connectivity index (χ1n) is 14.0. The van der Waals surface area contributed by atoms with Gasteiger partial charge in [-0.05, 0) is 68.9 Å². The second-order valence-electron chi connectivity index (χ2n) is 11.9. The predicted molar refractivity (Wildman–Crippen MR) is 151 cm³/mol. The first-order valence-corrected chi connectivity index (χ1v) is 14.0. The highest BCUT2D eigenvalue weighted by molar-refractivity contribution is 6.03. The van der Waals surface area contributed by atoms with Gasteiger partial charge in [0, 0.05) is 31.7 Å². The largest absolute Gasteiger partial charge is 0.493 e. The van der Waals surface area contributed by atoms with Crippen molar-refractivity contribution in [2.24, 2.45) is 5.92 Å². The molecule has 216 valence electrons. The first kappa shape index (κ1) is 29.4. The van der Waals surface area contributed by atoms with Crippen molar-refractivity contribution in [3.63, 3.8) is 0 Å². The van der Waals surface area contributed by atoms with E-state index in [1.54, 1.807) is 42.7 Å². The third kappa shape index (κ3) is 6.58. The average molecular weight is 552 g/mol. The molecule has 2 aliphatic rings. The Hall–Kier alpha value is -3.59. The molecule has 2 aromatic carbocycles. The highest BCUT2D eigenvalue weighted by atomic mass is 16.6. The molecule has 0 saturated carbocycles. The number of nitrogens with zero attached hydrogens (tertiary/aromatic N) is 2. The normalized spacial score (nSPS) is 17.4. The van der Waals surface area contributed by atoms with Crippen LogP contribution < -0.4 is 10.1 Å². The van der Waals surface area contributed by atoms with Gasteiger partial charge in [-0.15, -0.1) is 0 Å². The van der Waals surface area contributed by atoms with Gasteiger partial charge in [0.05, 0.1) is 24.3 Å². The number of nitrogens with one attached hydrogen (secondary N) is 1. The third-order valence-electron chi connectivity index (χ3n) is 7.05. The first-order chi connectivity index (χ1) is 18.9. The van der Waals surface area contributed by atoms with E-state index in [2.05, 4.69) is 19.2 Å². The maximum atomic E-state index is 13.4. The molecular formula is C31H41N3O6. The molecule has 0 aromatic heterocycles. The van der Waals surface area contributed by atoms with E-state index < -0.39 is 29.7 Å². The fourth-order valence-corrected chi connectivity index (χ4v) is 5.28. The molecule has 0 aliphatic carbocycles. The van der Waals surface area contributed by atoms with Crippen LogP contribution in [-0.2, 0) is 24.2 Å². The minimum Gasteiger partial charge on any atom is -0.493 e. The molecule has 40 heavy (non-hydrogen) atoms. The standard InChI is InChI=1S/C31H41N3O6/c1-7-39-27-14-23-22(17-33(29(23)37)16-19(2)3)12-24(27)28(36)32-15-26(35)25-13-20-10-8-9-11-21(20)18-34(25)30(38)40-31(4,5)6/h8-12,14,19,25-26,35H,7,13,15-18H2,1-6H3,(H,32,36)/t25-,26+/m0/s1. The molecule has 0 unspecified atom stereocenters. The zero-order chi connectivity index (χ0) is 29.2. The van der Waals surface area contributed by atoms with Crippen LogP contribution in [0.1, 0.15) is 78.9 Å². The lowest BCUT2D eigenvalue weighted by molar-refractivity contribution is -0.0113. The Labute approximate surface area is 236 Å². The fourth-order valence-electron chi connectivity index (χ4n) is 5.28. The number of carbonyl (C=O) groups is 3. The van der Waals surface area contributed by atoms with Crippen LogP contribution in [0.3, 0.4) is 0 Å². The summed E-state index contributed by atoms with van der Waals surface area (Å²) in [5.41, 5.74) is 3.00. The Morgan fingerprint density at radius 3 is 2.45 bits per heavy atom. The number of hydrogen-bond donors (Lipinski definition) is 2. The molecule has 2 heterocycles. The molecule has 2 N–H and O–H groups in total. The lowest BCUT2D eigenvalue weighted by atomic mass is 9.91. The van der Waals surface area contributed by atoms with Crippen LogP contribution in [0.25, 0.3) is 0 Å². The van der Waals surface area contributed by atoms with E-state index >= 15 is 0 Å². The second-order valence-corrected chi connectivity index (χ2v) is 11.9. The highest BCUT2D eigenvalue weighted by Gasteiger charge is 2.37. The van der Waals surface area contributed by atoms with Crippen molar-refractivity contribution >= 4 is 17.9 Å². The number of hydrogen-bond acceptors (Lipinski definition) is 6. The second kappa shape index (κ2) is 11.9. The summed E-state index contributed by atoms with van der Waals surface area (Å²) in [7, 11) is 0. The van der Waals surface area contributed by atoms with Crippen molar-refractivity contribution in [2.75, 3.05) is 19.7 Å². The molecule has 2 aromatic rings. The molecule has 0 radical (unpaired) electrons. The third-order valence-corrected chi connectivity index (χ3v) is 7.05. The van der Waals surface area contributed by atoms with Crippen LogP contribution in [0.2, 0.25) is 0 Å². The predicted octanol–water partition coefficient (Wildman–Crippen LogP) is 4.15. The maximum Gasteiger partial charge on any atom is 0.410 e. The van der Waals surface area contributed by atoms with Crippen LogP contribution in [0.5, 0.6) is 5.75 Å². The summed E-state index contributed by atoms with van der Waals surface area (Å²) >= 11 is 0. The van der Waals surface area contributed by atoms with Gasteiger partial charge in [-0.2, -0.15) is 0 Å². The Morgan fingerprint density at radius 1 is 1.10 bits per heavy atom. The van der Waals surface area contributed by atoms with Crippen molar-refractivity contribution in [3.05, 3.63) is 64.2 Å². The molecule has 3 amide bonds. The van der Waals surface area contributed by atoms with Gasteiger partial charge in [0.2, 0.25) is 0 Å². The van der Waals surface area contributed by atoms with Crippen molar-refractivity contribution in [1.29, 1.82) is 0 Å². The molecule has 4 rings (SSSR count). The minimum atomic E-state index is -1.04. The molecule has 0 bridgehead atoms. The SMILES string of the molecule is CCOc1cc2c(cc1C(=O)NC[C@@H](O)[C@@H]1Cc3ccccc3CN1C(=O)OC(C)(C)C)CN(CC(C)C)C2=O. The van der Waals surface area contributed by atoms with Crippen LogP contribution >= 0.6 is 0 Å². The summed E-state index contributed by atoms with van der Waals surface area (Å²) in [4.78, 5) is 42.7. The summed E-state index contributed by atoms with van der Waals surface area (Å²) < 4.78 is 11.4. The topological polar surface area (TPSA) is 108 Å². The summed E-state index contributed by atoms with van der Waals surface area (Å²) in [5, 5.41) is 14.1. The molecule has 9 heteroatoms. The molecule has 0 saturated heterocycles. The Balaban J connectivity index is 1.51. The molecule has 0 spiro atoms. The van der Waals surface area contributed by atoms with Crippen molar-refractivity contribution < 1.29 is 29.0 Å². The average Bonchev–Trinajstić information content (AvgIpc) is 3.18. The van der Waals surface area contributed by atoms with Gasteiger partial charge < -0.3 is 24.8 Å². The quantitative estimate of drug-likeness (QED) is 0.510. The lowest BCUT2D eigenvalue weighted by Crippen LogP contribution is -2.54. The lowest BCUT2D eigenvalue weighted by Gasteiger charge is -2.40. The van der Waals surface area contributed by atoms with E-state index in [1.807, 2.05) is 31.2 Å². The number of aliphatic hydroxyl groups excluding tert-OH is 1. The number of fused-ring (bicyclic) bond motifs is 2. The minimum absolute atomic E-state index is 0.0631. The summed E-state index contributed by atoms with van der Waals surface area (Å²) in [6.45, 7) is 13.0. The van der Waals surface area contributed by atoms with Crippen molar-refractivity contribution in [1.82, 2.24) is 15.1 Å². The Morgan fingerprint density at radius 2 is 1.80 bits per heavy atom. The number of ether oxygens (including phenoxy) is 2. The molecular weight excluding hydrogens is 510 g/mol. The van der Waals surface area contributed by atoms with Crippen molar-refractivity contribution in [2.45, 2.75) is 78.8 Å². The maximum absolute atomic E-state index is 13.4. The summed E-state index contributed by atoms with van der Waals surface area (Å²) in [5.74, 6) is 0.169. The van der Waals surface area contributed by atoms with E-state index in [-0.39, 0.29) is 12.5 Å². The number of aliphatic hydroxyl groups is 1. The van der Waals surface area contributed by atoms with Crippen LogP contribution in [-0.4, -0.2) is 70.3 Å². The van der Waals surface area contributed by atoms with Crippen LogP contribution in [0.4, 0.5) is 4.79 Å². The van der Waals surface area contributed by atoms with E-state index in [4.69, 9.17) is 9.47 Å². The number of rotatable bonds is 8. The number of amides is 3. The van der Waals surface area contributed by atoms with E-state index in [0.717, 1.165) is 16.7 Å². The number of carbonyl (C=O) groups excluding carboxylic acids is 3. The smallest absolute Gasteiger partial charge is 0.410 e. The number of benzene rings is 2. The van der Waals surface area contributed by atoms with Crippen molar-refractivity contribution in [3.8, 4) is 5.75 Å². The Bertz CT molecular complexity index is 1270. The van der Waals surface area contributed by atoms with Gasteiger partial charge in [0.15, 0.2) is 0 Å². The summed E-state index contributed by atoms with van der Waals surface area (Å²) in [6, 6.07) is 10.6. The van der Waals surface area contributed by atoms with E-state index in [9.17, 15) is 19.5 Å². The fraction of sp³-hybridized carbons (Fsp3) is 0.516. The van der Waals surface area contributed by atoms with Gasteiger partial charge >= 0.3 is 6.09 Å². The summed E-state index contributed by atoms with van der Waals surface area (Å²) in [6.07, 6.45) is -1.12. The zero-order valence-electron chi connectivity index (χ0n) is 24.3. The van der Waals surface area contributed by atoms with Gasteiger partial charge in [-0.3, -0.25) is 14.5 Å². The molecule has 0 fully saturated rings. The molecule has 2 aliphatic heterocycles. The monoisotopic (exact) mass is 551 g/mol. The van der Waals surface area contributed by atoms with Gasteiger partial charge in [0.1, 0.15) is 11.4 Å². The zero-order valence-corrected chi connectivity index (χ0v) is 24.3. The van der Waals surface area contributed by atoms with Gasteiger partial charge in [0.25, 0.3) is 11.8 Å². The highest BCUT2D eigenvalue weighted by Crippen LogP contribution is 2.31. The van der Waals surface area contributed by atoms with Gasteiger partial charge in [-0.25, -0.2) is 4.79 Å². The van der Waals surface area contributed by atoms with E-state index in [1.165, 1.54) is 0 Å². The molecule has 9 nitrogen and oxygen atoms in total. The van der Waals surface area contributed by atoms with Crippen LogP contribution in [0, 0.1) is 5.92 Å². The van der Waals surface area contributed by atoms with E-state index in [0.29, 0.717) is 55.5 Å². The Kier molecular flexibility index (Phi) is 8.73. The van der Waals surface area contributed by atoms with Crippen LogP contribution in [0.15, 0.2) is 36.4 Å².